The highest BCUT2D eigenvalue weighted by atomic mass is 28.4. The summed E-state index contributed by atoms with van der Waals surface area (Å²) in [6.45, 7) is 19.5. The summed E-state index contributed by atoms with van der Waals surface area (Å²) in [5.41, 5.74) is 0.376. The average molecular weight is 430 g/mol. The highest BCUT2D eigenvalue weighted by Crippen LogP contribution is 2.37. The van der Waals surface area contributed by atoms with Crippen LogP contribution < -0.4 is 0 Å². The van der Waals surface area contributed by atoms with Crippen LogP contribution in [0.4, 0.5) is 9.59 Å². The number of nitrogens with zero attached hydrogens (tertiary/aromatic N) is 1. The van der Waals surface area contributed by atoms with Gasteiger partial charge in [-0.2, -0.15) is 0 Å². The maximum Gasteiger partial charge on any atom is 0.508 e. The van der Waals surface area contributed by atoms with Crippen LogP contribution in [0.2, 0.25) is 18.1 Å². The minimum Gasteiger partial charge on any atom is -0.444 e. The zero-order valence-corrected chi connectivity index (χ0v) is 20.6. The second-order valence-electron chi connectivity index (χ2n) is 9.86. The van der Waals surface area contributed by atoms with E-state index in [1.54, 1.807) is 11.8 Å². The van der Waals surface area contributed by atoms with E-state index in [0.29, 0.717) is 19.6 Å². The zero-order valence-electron chi connectivity index (χ0n) is 19.6. The molecular weight excluding hydrogens is 390 g/mol. The smallest absolute Gasteiger partial charge is 0.444 e. The molecule has 0 N–H and O–H groups in total. The summed E-state index contributed by atoms with van der Waals surface area (Å²) in [6.07, 6.45) is 1.52. The third-order valence-corrected chi connectivity index (χ3v) is 9.69. The molecule has 0 aromatic rings. The van der Waals surface area contributed by atoms with E-state index in [4.69, 9.17) is 18.6 Å². The Labute approximate surface area is 176 Å². The van der Waals surface area contributed by atoms with Crippen LogP contribution in [0.5, 0.6) is 0 Å². The molecule has 0 spiro atoms. The second kappa shape index (κ2) is 9.98. The molecule has 8 heteroatoms. The predicted octanol–water partition coefficient (Wildman–Crippen LogP) is 5.12. The monoisotopic (exact) mass is 429 g/mol. The van der Waals surface area contributed by atoms with Crippen LogP contribution in [0.1, 0.15) is 54.9 Å². The van der Waals surface area contributed by atoms with E-state index in [1.807, 2.05) is 26.8 Å². The van der Waals surface area contributed by atoms with Gasteiger partial charge in [-0.15, -0.1) is 0 Å². The van der Waals surface area contributed by atoms with Gasteiger partial charge >= 0.3 is 12.2 Å². The Morgan fingerprint density at radius 3 is 2.28 bits per heavy atom. The normalized spacial score (nSPS) is 18.2. The fourth-order valence-corrected chi connectivity index (χ4v) is 3.52. The van der Waals surface area contributed by atoms with Crippen molar-refractivity contribution in [1.82, 2.24) is 4.90 Å². The van der Waals surface area contributed by atoms with Crippen molar-refractivity contribution in [3.05, 3.63) is 11.6 Å². The van der Waals surface area contributed by atoms with Gasteiger partial charge in [0, 0.05) is 6.54 Å². The summed E-state index contributed by atoms with van der Waals surface area (Å²) < 4.78 is 21.9. The van der Waals surface area contributed by atoms with Crippen LogP contribution in [-0.2, 0) is 18.6 Å². The van der Waals surface area contributed by atoms with Crippen molar-refractivity contribution in [3.8, 4) is 0 Å². The maximum absolute atomic E-state index is 12.7. The first kappa shape index (κ1) is 25.5. The summed E-state index contributed by atoms with van der Waals surface area (Å²) in [5, 5.41) is 0.0674. The summed E-state index contributed by atoms with van der Waals surface area (Å²) in [6, 6.07) is -0.270. The van der Waals surface area contributed by atoms with E-state index in [2.05, 4.69) is 33.9 Å². The fourth-order valence-electron chi connectivity index (χ4n) is 2.50. The van der Waals surface area contributed by atoms with Crippen LogP contribution in [-0.4, -0.2) is 63.5 Å². The van der Waals surface area contributed by atoms with Gasteiger partial charge in [0.1, 0.15) is 12.2 Å². The molecule has 0 saturated carbocycles. The van der Waals surface area contributed by atoms with Gasteiger partial charge in [-0.25, -0.2) is 9.59 Å². The van der Waals surface area contributed by atoms with Gasteiger partial charge in [-0.1, -0.05) is 26.8 Å². The van der Waals surface area contributed by atoms with Crippen LogP contribution in [0.3, 0.4) is 0 Å². The molecule has 1 atom stereocenters. The van der Waals surface area contributed by atoms with Crippen LogP contribution in [0.15, 0.2) is 11.6 Å². The number of rotatable bonds is 6. The molecule has 0 aromatic heterocycles. The Hall–Kier alpha value is -1.54. The minimum atomic E-state index is -1.98. The van der Waals surface area contributed by atoms with Gasteiger partial charge < -0.3 is 18.6 Å². The first-order valence-electron chi connectivity index (χ1n) is 10.3. The van der Waals surface area contributed by atoms with Gasteiger partial charge in [0.2, 0.25) is 0 Å². The molecule has 1 unspecified atom stereocenters. The lowest BCUT2D eigenvalue weighted by atomic mass is 10.0. The molecule has 0 aliphatic carbocycles. The fraction of sp³-hybridized carbons (Fsp3) is 0.810. The molecule has 0 aromatic carbocycles. The van der Waals surface area contributed by atoms with E-state index >= 15 is 0 Å². The topological polar surface area (TPSA) is 74.3 Å². The molecule has 1 rings (SSSR count). The lowest BCUT2D eigenvalue weighted by molar-refractivity contribution is 0.0131. The summed E-state index contributed by atoms with van der Waals surface area (Å²) >= 11 is 0. The van der Waals surface area contributed by atoms with Crippen LogP contribution >= 0.6 is 0 Å². The number of ether oxygens (including phenoxy) is 3. The first-order chi connectivity index (χ1) is 13.2. The van der Waals surface area contributed by atoms with E-state index in [-0.39, 0.29) is 30.4 Å². The average Bonchev–Trinajstić information content (AvgIpc) is 2.56. The van der Waals surface area contributed by atoms with Gasteiger partial charge in [0.15, 0.2) is 8.32 Å². The molecular formula is C21H39NO6Si. The Balaban J connectivity index is 2.94. The number of carbonyl (C=O) groups excluding carboxylic acids is 2. The lowest BCUT2D eigenvalue weighted by Crippen LogP contribution is -2.50. The Morgan fingerprint density at radius 2 is 1.76 bits per heavy atom. The molecule has 1 aliphatic heterocycles. The second-order valence-corrected chi connectivity index (χ2v) is 14.7. The standard InChI is InChI=1S/C21H39NO6Si/c1-10-25-19(24)26-14-16-11-12-22(18(23)28-20(2,3)4)17(13-16)15-27-29(8,9)21(5,6)7/h13,17H,10-12,14-15H2,1-9H3. The molecule has 1 aliphatic rings. The third-order valence-electron chi connectivity index (χ3n) is 5.19. The van der Waals surface area contributed by atoms with Crippen molar-refractivity contribution in [2.45, 2.75) is 84.7 Å². The number of carbonyl (C=O) groups is 2. The van der Waals surface area contributed by atoms with E-state index in [0.717, 1.165) is 5.57 Å². The molecule has 29 heavy (non-hydrogen) atoms. The summed E-state index contributed by atoms with van der Waals surface area (Å²) in [7, 11) is -1.98. The van der Waals surface area contributed by atoms with Crippen molar-refractivity contribution >= 4 is 20.6 Å². The van der Waals surface area contributed by atoms with Gasteiger partial charge in [0.05, 0.1) is 19.3 Å². The Morgan fingerprint density at radius 1 is 1.14 bits per heavy atom. The quantitative estimate of drug-likeness (QED) is 0.331. The van der Waals surface area contributed by atoms with Gasteiger partial charge in [0.25, 0.3) is 0 Å². The van der Waals surface area contributed by atoms with Crippen molar-refractivity contribution in [3.63, 3.8) is 0 Å². The summed E-state index contributed by atoms with van der Waals surface area (Å²) in [4.78, 5) is 25.9. The van der Waals surface area contributed by atoms with Crippen LogP contribution in [0.25, 0.3) is 0 Å². The molecule has 7 nitrogen and oxygen atoms in total. The number of hydrogen-bond donors (Lipinski definition) is 0. The summed E-state index contributed by atoms with van der Waals surface area (Å²) in [5.74, 6) is 0. The van der Waals surface area contributed by atoms with Crippen LogP contribution in [0, 0.1) is 0 Å². The van der Waals surface area contributed by atoms with E-state index < -0.39 is 20.1 Å². The molecule has 168 valence electrons. The highest BCUT2D eigenvalue weighted by molar-refractivity contribution is 6.74. The number of amides is 1. The van der Waals surface area contributed by atoms with Crippen molar-refractivity contribution in [2.75, 3.05) is 26.4 Å². The van der Waals surface area contributed by atoms with Gasteiger partial charge in [-0.3, -0.25) is 4.90 Å². The lowest BCUT2D eigenvalue weighted by Gasteiger charge is -2.40. The minimum absolute atomic E-state index is 0.0674. The molecule has 0 radical (unpaired) electrons. The number of hydrogen-bond acceptors (Lipinski definition) is 6. The Bertz CT molecular complexity index is 603. The predicted molar refractivity (Wildman–Crippen MR) is 116 cm³/mol. The maximum atomic E-state index is 12.7. The van der Waals surface area contributed by atoms with E-state index in [9.17, 15) is 9.59 Å². The highest BCUT2D eigenvalue weighted by Gasteiger charge is 2.39. The van der Waals surface area contributed by atoms with Gasteiger partial charge in [-0.05, 0) is 57.8 Å². The first-order valence-corrected chi connectivity index (χ1v) is 13.2. The largest absolute Gasteiger partial charge is 0.508 e. The molecule has 1 amide bonds. The van der Waals surface area contributed by atoms with Crippen molar-refractivity contribution in [2.24, 2.45) is 0 Å². The molecule has 0 fully saturated rings. The van der Waals surface area contributed by atoms with Crippen molar-refractivity contribution in [1.29, 1.82) is 0 Å². The molecule has 1 heterocycles. The zero-order chi connectivity index (χ0) is 22.5. The third kappa shape index (κ3) is 8.38. The molecule has 0 saturated heterocycles. The van der Waals surface area contributed by atoms with E-state index in [1.165, 1.54) is 0 Å². The molecule has 0 bridgehead atoms. The SMILES string of the molecule is CCOC(=O)OCC1=CC(CO[Si](C)(C)C(C)(C)C)N(C(=O)OC(C)(C)C)CC1. The Kier molecular flexibility index (Phi) is 8.77. The van der Waals surface area contributed by atoms with Crippen molar-refractivity contribution < 1.29 is 28.2 Å².